The highest BCUT2D eigenvalue weighted by Crippen LogP contribution is 2.23. The van der Waals surface area contributed by atoms with Gasteiger partial charge in [-0.3, -0.25) is 24.0 Å². The van der Waals surface area contributed by atoms with E-state index in [-0.39, 0.29) is 29.6 Å². The number of nitrogens with zero attached hydrogens (tertiary/aromatic N) is 3. The van der Waals surface area contributed by atoms with Gasteiger partial charge in [-0.05, 0) is 56.3 Å². The molecule has 0 saturated carbocycles. The van der Waals surface area contributed by atoms with Crippen LogP contribution in [0.2, 0.25) is 0 Å². The van der Waals surface area contributed by atoms with E-state index in [2.05, 4.69) is 10.6 Å². The molecule has 0 aliphatic rings. The van der Waals surface area contributed by atoms with Crippen LogP contribution in [0.15, 0.2) is 12.2 Å². The molecule has 0 aliphatic carbocycles. The maximum absolute atomic E-state index is 14.3. The number of nitrogens with one attached hydrogen (secondary N) is 2. The number of likely N-dealkylation sites (N-methyl/N-ethyl adjacent to an activating group) is 4. The zero-order valence-corrected chi connectivity index (χ0v) is 30.2. The summed E-state index contributed by atoms with van der Waals surface area (Å²) in [5.41, 5.74) is 0. The highest BCUT2D eigenvalue weighted by Gasteiger charge is 2.43. The van der Waals surface area contributed by atoms with Gasteiger partial charge in [0.05, 0.1) is 6.10 Å². The van der Waals surface area contributed by atoms with Gasteiger partial charge in [0.15, 0.2) is 0 Å². The zero-order valence-electron chi connectivity index (χ0n) is 30.2. The summed E-state index contributed by atoms with van der Waals surface area (Å²) in [7, 11) is 6.11. The van der Waals surface area contributed by atoms with Crippen molar-refractivity contribution < 1.29 is 29.1 Å². The minimum Gasteiger partial charge on any atom is -0.390 e. The number of hydrogen-bond acceptors (Lipinski definition) is 6. The van der Waals surface area contributed by atoms with Crippen LogP contribution in [-0.4, -0.2) is 108 Å². The normalized spacial score (nSPS) is 15.8. The Morgan fingerprint density at radius 3 is 1.80 bits per heavy atom. The van der Waals surface area contributed by atoms with Crippen LogP contribution in [-0.2, 0) is 24.0 Å². The fraction of sp³-hybridized carbons (Fsp3) is 0.794. The molecule has 0 radical (unpaired) electrons. The standard InChI is InChI=1S/C34H63N5O6/c1-14-16-17-24(9)30(41)29(32(43)36-25(15-2)31(42)35-10)39(13)34(45)28(23(7)8)38(12)33(44)26(20-22(5)6)37(11)27(40)19-18-21(3)4/h14,16,21-26,28-30,41H,15,17-20H2,1-13H3,(H,35,42)(H,36,43)/b16-14+/t24-,25+,26+,28+,29+,30-/m1/s1. The quantitative estimate of drug-likeness (QED) is 0.186. The Morgan fingerprint density at radius 1 is 0.800 bits per heavy atom. The molecule has 0 aromatic carbocycles. The first-order valence-electron chi connectivity index (χ1n) is 16.5. The van der Waals surface area contributed by atoms with Crippen LogP contribution < -0.4 is 10.6 Å². The van der Waals surface area contributed by atoms with Crippen molar-refractivity contribution in [3.05, 3.63) is 12.2 Å². The Kier molecular flexibility index (Phi) is 18.9. The van der Waals surface area contributed by atoms with Crippen molar-refractivity contribution in [3.63, 3.8) is 0 Å². The van der Waals surface area contributed by atoms with Gasteiger partial charge < -0.3 is 30.4 Å². The maximum atomic E-state index is 14.3. The summed E-state index contributed by atoms with van der Waals surface area (Å²) < 4.78 is 0. The van der Waals surface area contributed by atoms with E-state index in [1.807, 2.05) is 60.6 Å². The van der Waals surface area contributed by atoms with Crippen molar-refractivity contribution in [1.82, 2.24) is 25.3 Å². The molecule has 6 atom stereocenters. The molecule has 0 fully saturated rings. The predicted octanol–water partition coefficient (Wildman–Crippen LogP) is 3.21. The number of aliphatic hydroxyl groups is 1. The lowest BCUT2D eigenvalue weighted by atomic mass is 9.91. The van der Waals surface area contributed by atoms with Gasteiger partial charge in [-0.1, -0.05) is 67.5 Å². The third-order valence-electron chi connectivity index (χ3n) is 8.40. The number of aliphatic hydroxyl groups excluding tert-OH is 1. The summed E-state index contributed by atoms with van der Waals surface area (Å²) in [4.78, 5) is 71.6. The number of amides is 5. The lowest BCUT2D eigenvalue weighted by Crippen LogP contribution is -2.63. The van der Waals surface area contributed by atoms with Gasteiger partial charge in [0.25, 0.3) is 0 Å². The van der Waals surface area contributed by atoms with E-state index in [1.54, 1.807) is 27.9 Å². The zero-order chi connectivity index (χ0) is 35.2. The largest absolute Gasteiger partial charge is 0.390 e. The van der Waals surface area contributed by atoms with Crippen LogP contribution in [0.1, 0.15) is 94.4 Å². The third kappa shape index (κ3) is 12.8. The molecule has 11 nitrogen and oxygen atoms in total. The predicted molar refractivity (Wildman–Crippen MR) is 179 cm³/mol. The fourth-order valence-corrected chi connectivity index (χ4v) is 5.40. The van der Waals surface area contributed by atoms with Gasteiger partial charge >= 0.3 is 0 Å². The van der Waals surface area contributed by atoms with Gasteiger partial charge in [-0.15, -0.1) is 0 Å². The first kappa shape index (κ1) is 42.0. The molecule has 0 aromatic heterocycles. The molecule has 0 spiro atoms. The summed E-state index contributed by atoms with van der Waals surface area (Å²) in [6.45, 7) is 17.1. The molecule has 11 heteroatoms. The average Bonchev–Trinajstić information content (AvgIpc) is 2.98. The second kappa shape index (κ2) is 20.2. The van der Waals surface area contributed by atoms with E-state index < -0.39 is 48.0 Å². The lowest BCUT2D eigenvalue weighted by molar-refractivity contribution is -0.156. The molecule has 0 unspecified atom stereocenters. The molecule has 5 amide bonds. The molecule has 0 saturated heterocycles. The van der Waals surface area contributed by atoms with Gasteiger partial charge in [-0.25, -0.2) is 0 Å². The average molecular weight is 638 g/mol. The van der Waals surface area contributed by atoms with Gasteiger partial charge in [0, 0.05) is 34.6 Å². The molecule has 0 aromatic rings. The first-order valence-corrected chi connectivity index (χ1v) is 16.5. The van der Waals surface area contributed by atoms with Crippen LogP contribution in [0, 0.1) is 23.7 Å². The molecule has 0 bridgehead atoms. The molecule has 0 heterocycles. The second-order valence-electron chi connectivity index (χ2n) is 13.5. The number of carbonyl (C=O) groups excluding carboxylic acids is 5. The monoisotopic (exact) mass is 637 g/mol. The SMILES string of the molecule is C/C=C/C[C@@H](C)[C@@H](O)[C@@H](C(=O)N[C@@H](CC)C(=O)NC)N(C)C(=O)[C@H](C(C)C)N(C)C(=O)[C@H](CC(C)C)N(C)C(=O)CCC(C)C. The Morgan fingerprint density at radius 2 is 1.36 bits per heavy atom. The van der Waals surface area contributed by atoms with E-state index in [0.717, 1.165) is 0 Å². The van der Waals surface area contributed by atoms with Gasteiger partial charge in [0.1, 0.15) is 24.2 Å². The van der Waals surface area contributed by atoms with Crippen LogP contribution >= 0.6 is 0 Å². The summed E-state index contributed by atoms with van der Waals surface area (Å²) in [6, 6.07) is -3.92. The van der Waals surface area contributed by atoms with Crippen LogP contribution in [0.3, 0.4) is 0 Å². The summed E-state index contributed by atoms with van der Waals surface area (Å²) >= 11 is 0. The van der Waals surface area contributed by atoms with Crippen molar-refractivity contribution in [3.8, 4) is 0 Å². The topological polar surface area (TPSA) is 139 Å². The van der Waals surface area contributed by atoms with E-state index in [9.17, 15) is 29.1 Å². The molecule has 45 heavy (non-hydrogen) atoms. The lowest BCUT2D eigenvalue weighted by Gasteiger charge is -2.40. The fourth-order valence-electron chi connectivity index (χ4n) is 5.40. The number of hydrogen-bond donors (Lipinski definition) is 3. The van der Waals surface area contributed by atoms with Crippen molar-refractivity contribution in [2.75, 3.05) is 28.2 Å². The Hall–Kier alpha value is -2.95. The molecular formula is C34H63N5O6. The maximum Gasteiger partial charge on any atom is 0.246 e. The van der Waals surface area contributed by atoms with Gasteiger partial charge in [0.2, 0.25) is 29.5 Å². The molecule has 260 valence electrons. The second-order valence-corrected chi connectivity index (χ2v) is 13.5. The highest BCUT2D eigenvalue weighted by atomic mass is 16.3. The summed E-state index contributed by atoms with van der Waals surface area (Å²) in [5.74, 6) is -2.37. The number of carbonyl (C=O) groups is 5. The van der Waals surface area contributed by atoms with E-state index >= 15 is 0 Å². The summed E-state index contributed by atoms with van der Waals surface area (Å²) in [6.07, 6.45) is 4.69. The van der Waals surface area contributed by atoms with E-state index in [1.165, 1.54) is 28.8 Å². The smallest absolute Gasteiger partial charge is 0.246 e. The Balaban J connectivity index is 6.57. The minimum absolute atomic E-state index is 0.109. The number of allylic oxidation sites excluding steroid dienone is 2. The van der Waals surface area contributed by atoms with Crippen LogP contribution in [0.5, 0.6) is 0 Å². The van der Waals surface area contributed by atoms with Crippen LogP contribution in [0.25, 0.3) is 0 Å². The van der Waals surface area contributed by atoms with E-state index in [4.69, 9.17) is 0 Å². The summed E-state index contributed by atoms with van der Waals surface area (Å²) in [5, 5.41) is 16.7. The third-order valence-corrected chi connectivity index (χ3v) is 8.40. The Labute approximate surface area is 272 Å². The van der Waals surface area contributed by atoms with Gasteiger partial charge in [-0.2, -0.15) is 0 Å². The molecule has 0 aliphatic heterocycles. The molecular weight excluding hydrogens is 574 g/mol. The molecule has 3 N–H and O–H groups in total. The van der Waals surface area contributed by atoms with Crippen molar-refractivity contribution in [2.45, 2.75) is 125 Å². The van der Waals surface area contributed by atoms with Crippen molar-refractivity contribution in [2.24, 2.45) is 23.7 Å². The number of rotatable bonds is 19. The van der Waals surface area contributed by atoms with Crippen LogP contribution in [0.4, 0.5) is 0 Å². The van der Waals surface area contributed by atoms with E-state index in [0.29, 0.717) is 38.0 Å². The molecule has 0 rings (SSSR count). The highest BCUT2D eigenvalue weighted by molar-refractivity contribution is 5.95. The van der Waals surface area contributed by atoms with Crippen molar-refractivity contribution in [1.29, 1.82) is 0 Å². The van der Waals surface area contributed by atoms with Crippen molar-refractivity contribution >= 4 is 29.5 Å². The Bertz CT molecular complexity index is 998. The minimum atomic E-state index is -1.33. The first-order chi connectivity index (χ1) is 20.9.